The molecular weight excluding hydrogens is 573 g/mol. The highest BCUT2D eigenvalue weighted by atomic mass is 15.0. The lowest BCUT2D eigenvalue weighted by molar-refractivity contribution is 1.13. The second kappa shape index (κ2) is 10.5. The van der Waals surface area contributed by atoms with Crippen LogP contribution >= 0.6 is 0 Å². The molecular formula is C43H32N4. The highest BCUT2D eigenvalue weighted by molar-refractivity contribution is 6.12. The van der Waals surface area contributed by atoms with E-state index in [2.05, 4.69) is 134 Å². The Morgan fingerprint density at radius 1 is 0.426 bits per heavy atom. The van der Waals surface area contributed by atoms with Crippen LogP contribution in [0.4, 0.5) is 0 Å². The molecule has 0 fully saturated rings. The van der Waals surface area contributed by atoms with E-state index in [1.165, 1.54) is 22.3 Å². The second-order valence-corrected chi connectivity index (χ2v) is 12.9. The van der Waals surface area contributed by atoms with Crippen LogP contribution in [0, 0.1) is 57.3 Å². The molecule has 47 heavy (non-hydrogen) atoms. The molecule has 0 aliphatic rings. The maximum Gasteiger partial charge on any atom is 0.0998 e. The summed E-state index contributed by atoms with van der Waals surface area (Å²) in [7, 11) is 0. The molecule has 0 bridgehead atoms. The molecule has 0 radical (unpaired) electrons. The van der Waals surface area contributed by atoms with Crippen molar-refractivity contribution in [2.24, 2.45) is 0 Å². The molecule has 224 valence electrons. The summed E-state index contributed by atoms with van der Waals surface area (Å²) in [6.07, 6.45) is 0. The number of nitriles is 2. The number of aromatic nitrogens is 2. The Morgan fingerprint density at radius 2 is 0.787 bits per heavy atom. The molecule has 0 spiro atoms. The Balaban J connectivity index is 1.63. The third-order valence-electron chi connectivity index (χ3n) is 9.42. The molecule has 0 saturated carbocycles. The number of hydrogen-bond donors (Lipinski definition) is 0. The van der Waals surface area contributed by atoms with E-state index in [0.717, 1.165) is 71.7 Å². The normalized spacial score (nSPS) is 11.5. The summed E-state index contributed by atoms with van der Waals surface area (Å²) in [6, 6.07) is 41.3. The van der Waals surface area contributed by atoms with Gasteiger partial charge in [-0.15, -0.1) is 0 Å². The van der Waals surface area contributed by atoms with E-state index in [9.17, 15) is 10.5 Å². The van der Waals surface area contributed by atoms with Crippen LogP contribution in [0.3, 0.4) is 0 Å². The molecule has 4 heteroatoms. The van der Waals surface area contributed by atoms with Gasteiger partial charge in [-0.3, -0.25) is 0 Å². The predicted octanol–water partition coefficient (Wildman–Crippen LogP) is 10.8. The van der Waals surface area contributed by atoms with Crippen LogP contribution in [0.2, 0.25) is 0 Å². The summed E-state index contributed by atoms with van der Waals surface area (Å²) in [4.78, 5) is 0. The molecule has 0 aliphatic heterocycles. The van der Waals surface area contributed by atoms with E-state index < -0.39 is 0 Å². The van der Waals surface area contributed by atoms with Crippen LogP contribution in [-0.2, 0) is 0 Å². The molecule has 2 aromatic heterocycles. The molecule has 0 aliphatic carbocycles. The van der Waals surface area contributed by atoms with Gasteiger partial charge in [-0.25, -0.2) is 0 Å². The van der Waals surface area contributed by atoms with Crippen LogP contribution < -0.4 is 0 Å². The van der Waals surface area contributed by atoms with Gasteiger partial charge in [0, 0.05) is 32.7 Å². The fourth-order valence-electron chi connectivity index (χ4n) is 7.29. The third kappa shape index (κ3) is 4.34. The molecule has 0 unspecified atom stereocenters. The zero-order valence-electron chi connectivity index (χ0n) is 27.1. The first kappa shape index (κ1) is 28.4. The maximum absolute atomic E-state index is 10.6. The average molecular weight is 605 g/mol. The highest BCUT2D eigenvalue weighted by Crippen LogP contribution is 2.44. The summed E-state index contributed by atoms with van der Waals surface area (Å²) < 4.78 is 4.57. The van der Waals surface area contributed by atoms with Gasteiger partial charge >= 0.3 is 0 Å². The molecule has 0 atom stereocenters. The summed E-state index contributed by atoms with van der Waals surface area (Å²) in [6.45, 7) is 10.5. The van der Waals surface area contributed by atoms with Crippen molar-refractivity contribution in [3.05, 3.63) is 142 Å². The monoisotopic (exact) mass is 604 g/mol. The minimum atomic E-state index is 0.549. The Morgan fingerprint density at radius 3 is 1.15 bits per heavy atom. The van der Waals surface area contributed by atoms with Crippen LogP contribution in [-0.4, -0.2) is 9.13 Å². The van der Waals surface area contributed by atoms with Gasteiger partial charge in [0.1, 0.15) is 0 Å². The van der Waals surface area contributed by atoms with Gasteiger partial charge in [-0.05, 0) is 107 Å². The van der Waals surface area contributed by atoms with Gasteiger partial charge in [-0.1, -0.05) is 58.7 Å². The SMILES string of the molecule is Cc1ccc(-c2c(-n3c4ccc(C)cc4c4cc(C)ccc43)cc(C#N)cc2-n2c3ccc(C)cc3c3cc(C)ccc32)c(C#N)c1. The number of rotatable bonds is 3. The molecule has 2 heterocycles. The van der Waals surface area contributed by atoms with Crippen molar-refractivity contribution in [2.75, 3.05) is 0 Å². The number of benzene rings is 6. The number of aryl methyl sites for hydroxylation is 5. The van der Waals surface area contributed by atoms with Crippen LogP contribution in [0.25, 0.3) is 66.1 Å². The van der Waals surface area contributed by atoms with Crippen molar-refractivity contribution in [1.29, 1.82) is 10.5 Å². The Hall–Kier alpha value is -6.10. The van der Waals surface area contributed by atoms with Crippen LogP contribution in [0.5, 0.6) is 0 Å². The first-order valence-corrected chi connectivity index (χ1v) is 15.9. The average Bonchev–Trinajstić information content (AvgIpc) is 3.55. The summed E-state index contributed by atoms with van der Waals surface area (Å²) >= 11 is 0. The standard InChI is InChI=1S/C43H32N4/c1-25-6-11-32(31(16-25)24-45)43-41(46-37-12-7-26(2)17-33(37)34-18-27(3)8-13-38(34)46)21-30(23-44)22-42(43)47-39-14-9-28(4)19-35(39)36-20-29(5)10-15-40(36)47/h6-22H,1-5H3. The van der Waals surface area contributed by atoms with Gasteiger partial charge in [0.05, 0.1) is 56.7 Å². The molecule has 0 N–H and O–H groups in total. The van der Waals surface area contributed by atoms with Crippen LogP contribution in [0.15, 0.2) is 103 Å². The van der Waals surface area contributed by atoms with E-state index >= 15 is 0 Å². The van der Waals surface area contributed by atoms with E-state index in [-0.39, 0.29) is 0 Å². The molecule has 4 nitrogen and oxygen atoms in total. The summed E-state index contributed by atoms with van der Waals surface area (Å²) in [5.74, 6) is 0. The molecule has 8 rings (SSSR count). The first-order chi connectivity index (χ1) is 22.7. The van der Waals surface area contributed by atoms with Crippen molar-refractivity contribution in [3.63, 3.8) is 0 Å². The lowest BCUT2D eigenvalue weighted by Crippen LogP contribution is -2.06. The van der Waals surface area contributed by atoms with Crippen molar-refractivity contribution in [1.82, 2.24) is 9.13 Å². The zero-order valence-corrected chi connectivity index (χ0v) is 27.1. The number of hydrogen-bond acceptors (Lipinski definition) is 2. The number of nitrogens with zero attached hydrogens (tertiary/aromatic N) is 4. The Kier molecular flexibility index (Phi) is 6.33. The van der Waals surface area contributed by atoms with Crippen LogP contribution in [0.1, 0.15) is 38.9 Å². The smallest absolute Gasteiger partial charge is 0.0998 e. The van der Waals surface area contributed by atoms with E-state index in [1.807, 2.05) is 25.1 Å². The van der Waals surface area contributed by atoms with Crippen molar-refractivity contribution in [3.8, 4) is 34.6 Å². The van der Waals surface area contributed by atoms with Gasteiger partial charge in [0.2, 0.25) is 0 Å². The largest absolute Gasteiger partial charge is 0.308 e. The lowest BCUT2D eigenvalue weighted by atomic mass is 9.93. The van der Waals surface area contributed by atoms with Crippen molar-refractivity contribution >= 4 is 43.6 Å². The fourth-order valence-corrected chi connectivity index (χ4v) is 7.29. The lowest BCUT2D eigenvalue weighted by Gasteiger charge is -2.21. The zero-order chi connectivity index (χ0) is 32.6. The number of fused-ring (bicyclic) bond motifs is 6. The molecule has 8 aromatic rings. The van der Waals surface area contributed by atoms with Gasteiger partial charge < -0.3 is 9.13 Å². The van der Waals surface area contributed by atoms with Crippen molar-refractivity contribution in [2.45, 2.75) is 34.6 Å². The van der Waals surface area contributed by atoms with Crippen molar-refractivity contribution < 1.29 is 0 Å². The minimum absolute atomic E-state index is 0.549. The summed E-state index contributed by atoms with van der Waals surface area (Å²) in [5, 5.41) is 25.7. The topological polar surface area (TPSA) is 57.4 Å². The fraction of sp³-hybridized carbons (Fsp3) is 0.116. The predicted molar refractivity (Wildman–Crippen MR) is 194 cm³/mol. The Labute approximate surface area is 274 Å². The maximum atomic E-state index is 10.6. The molecule has 6 aromatic carbocycles. The molecule has 0 amide bonds. The summed E-state index contributed by atoms with van der Waals surface area (Å²) in [5.41, 5.74) is 14.6. The van der Waals surface area contributed by atoms with E-state index in [0.29, 0.717) is 11.1 Å². The highest BCUT2D eigenvalue weighted by Gasteiger charge is 2.24. The quantitative estimate of drug-likeness (QED) is 0.201. The third-order valence-corrected chi connectivity index (χ3v) is 9.42. The Bertz CT molecular complexity index is 2440. The van der Waals surface area contributed by atoms with E-state index in [4.69, 9.17) is 0 Å². The van der Waals surface area contributed by atoms with Gasteiger partial charge in [-0.2, -0.15) is 10.5 Å². The van der Waals surface area contributed by atoms with Gasteiger partial charge in [0.25, 0.3) is 0 Å². The second-order valence-electron chi connectivity index (χ2n) is 12.9. The minimum Gasteiger partial charge on any atom is -0.308 e. The first-order valence-electron chi connectivity index (χ1n) is 15.9. The van der Waals surface area contributed by atoms with Gasteiger partial charge in [0.15, 0.2) is 0 Å². The molecule has 0 saturated heterocycles. The van der Waals surface area contributed by atoms with E-state index in [1.54, 1.807) is 0 Å².